The molecular weight excluding hydrogens is 232 g/mol. The van der Waals surface area contributed by atoms with E-state index in [-0.39, 0.29) is 0 Å². The van der Waals surface area contributed by atoms with Gasteiger partial charge in [0.05, 0.1) is 0 Å². The fourth-order valence-corrected chi connectivity index (χ4v) is 2.90. The van der Waals surface area contributed by atoms with Crippen molar-refractivity contribution in [3.63, 3.8) is 0 Å². The molecule has 0 spiro atoms. The third-order valence-electron chi connectivity index (χ3n) is 4.42. The molecule has 1 aliphatic rings. The van der Waals surface area contributed by atoms with Crippen molar-refractivity contribution in [3.05, 3.63) is 34.4 Å². The van der Waals surface area contributed by atoms with E-state index < -0.39 is 0 Å². The predicted octanol–water partition coefficient (Wildman–Crippen LogP) is 2.74. The Balaban J connectivity index is 1.74. The molecule has 0 atom stereocenters. The van der Waals surface area contributed by atoms with Gasteiger partial charge in [0, 0.05) is 0 Å². The van der Waals surface area contributed by atoms with Crippen LogP contribution in [-0.4, -0.2) is 26.2 Å². The average molecular weight is 260 g/mol. The van der Waals surface area contributed by atoms with Gasteiger partial charge in [-0.05, 0) is 94.4 Å². The van der Waals surface area contributed by atoms with Gasteiger partial charge in [-0.2, -0.15) is 0 Å². The molecule has 1 aromatic carbocycles. The molecule has 1 aliphatic heterocycles. The number of nitrogens with one attached hydrogen (secondary N) is 2. The zero-order chi connectivity index (χ0) is 13.7. The zero-order valence-electron chi connectivity index (χ0n) is 12.7. The Kier molecular flexibility index (Phi) is 5.41. The van der Waals surface area contributed by atoms with Crippen molar-refractivity contribution in [2.24, 2.45) is 5.92 Å². The van der Waals surface area contributed by atoms with Crippen molar-refractivity contribution in [2.45, 2.75) is 40.0 Å². The van der Waals surface area contributed by atoms with Gasteiger partial charge in [-0.15, -0.1) is 0 Å². The van der Waals surface area contributed by atoms with E-state index in [1.807, 2.05) is 0 Å². The Bertz CT molecular complexity index is 406. The lowest BCUT2D eigenvalue weighted by Crippen LogP contribution is -2.34. The van der Waals surface area contributed by atoms with Crippen LogP contribution in [0.5, 0.6) is 0 Å². The van der Waals surface area contributed by atoms with Gasteiger partial charge in [-0.3, -0.25) is 0 Å². The van der Waals surface area contributed by atoms with E-state index in [4.69, 9.17) is 0 Å². The maximum absolute atomic E-state index is 3.64. The van der Waals surface area contributed by atoms with Gasteiger partial charge < -0.3 is 10.6 Å². The van der Waals surface area contributed by atoms with Crippen LogP contribution in [0.25, 0.3) is 0 Å². The molecule has 1 heterocycles. The normalized spacial score (nSPS) is 16.8. The number of piperidine rings is 1. The minimum atomic E-state index is 0.877. The van der Waals surface area contributed by atoms with Crippen molar-refractivity contribution < 1.29 is 0 Å². The number of aryl methyl sites for hydroxylation is 3. The van der Waals surface area contributed by atoms with Crippen LogP contribution in [0.3, 0.4) is 0 Å². The molecule has 2 heteroatoms. The number of hydrogen-bond acceptors (Lipinski definition) is 2. The molecule has 0 unspecified atom stereocenters. The fraction of sp³-hybridized carbons (Fsp3) is 0.647. The maximum atomic E-state index is 3.64. The van der Waals surface area contributed by atoms with Gasteiger partial charge in [-0.25, -0.2) is 0 Å². The highest BCUT2D eigenvalue weighted by Gasteiger charge is 2.11. The Morgan fingerprint density at radius 3 is 2.47 bits per heavy atom. The van der Waals surface area contributed by atoms with Crippen LogP contribution >= 0.6 is 0 Å². The smallest absolute Gasteiger partial charge is 0.000813 e. The lowest BCUT2D eigenvalue weighted by molar-refractivity contribution is 0.358. The molecule has 1 fully saturated rings. The van der Waals surface area contributed by atoms with Crippen molar-refractivity contribution >= 4 is 0 Å². The van der Waals surface area contributed by atoms with Crippen LogP contribution in [0.1, 0.15) is 35.1 Å². The summed E-state index contributed by atoms with van der Waals surface area (Å²) in [4.78, 5) is 0. The summed E-state index contributed by atoms with van der Waals surface area (Å²) in [7, 11) is 0. The molecule has 0 bridgehead atoms. The number of rotatable bonds is 5. The summed E-state index contributed by atoms with van der Waals surface area (Å²) in [6, 6.07) is 4.67. The van der Waals surface area contributed by atoms with E-state index in [1.165, 1.54) is 54.7 Å². The monoisotopic (exact) mass is 260 g/mol. The molecule has 19 heavy (non-hydrogen) atoms. The first-order chi connectivity index (χ1) is 9.16. The maximum Gasteiger partial charge on any atom is -0.000813 e. The molecule has 0 amide bonds. The number of hydrogen-bond donors (Lipinski definition) is 2. The topological polar surface area (TPSA) is 24.1 Å². The third-order valence-corrected chi connectivity index (χ3v) is 4.42. The van der Waals surface area contributed by atoms with E-state index in [0.717, 1.165) is 18.9 Å². The van der Waals surface area contributed by atoms with Crippen LogP contribution in [0.15, 0.2) is 12.1 Å². The molecule has 2 nitrogen and oxygen atoms in total. The Morgan fingerprint density at radius 2 is 1.74 bits per heavy atom. The molecule has 0 aliphatic carbocycles. The molecule has 0 radical (unpaired) electrons. The summed E-state index contributed by atoms with van der Waals surface area (Å²) in [6.45, 7) is 11.3. The Morgan fingerprint density at radius 1 is 1.05 bits per heavy atom. The second kappa shape index (κ2) is 7.06. The average Bonchev–Trinajstić information content (AvgIpc) is 2.41. The predicted molar refractivity (Wildman–Crippen MR) is 82.8 cm³/mol. The van der Waals surface area contributed by atoms with E-state index >= 15 is 0 Å². The van der Waals surface area contributed by atoms with E-state index in [9.17, 15) is 0 Å². The highest BCUT2D eigenvalue weighted by molar-refractivity contribution is 5.36. The molecule has 1 saturated heterocycles. The van der Waals surface area contributed by atoms with E-state index in [2.05, 4.69) is 43.5 Å². The molecule has 2 rings (SSSR count). The van der Waals surface area contributed by atoms with Crippen LogP contribution in [0.2, 0.25) is 0 Å². The van der Waals surface area contributed by atoms with Crippen LogP contribution in [0.4, 0.5) is 0 Å². The molecule has 1 aromatic rings. The van der Waals surface area contributed by atoms with Crippen LogP contribution in [-0.2, 0) is 6.42 Å². The molecular formula is C17H28N2. The highest BCUT2D eigenvalue weighted by Crippen LogP contribution is 2.15. The molecule has 2 N–H and O–H groups in total. The van der Waals surface area contributed by atoms with Gasteiger partial charge in [-0.1, -0.05) is 12.1 Å². The van der Waals surface area contributed by atoms with Gasteiger partial charge in [0.25, 0.3) is 0 Å². The summed E-state index contributed by atoms with van der Waals surface area (Å²) in [5, 5.41) is 7.06. The standard InChI is InChI=1S/C17H28N2/c1-13-10-15(3)17(11-14(13)2)6-9-19-12-16-4-7-18-8-5-16/h10-11,16,18-19H,4-9,12H2,1-3H3. The lowest BCUT2D eigenvalue weighted by atomic mass is 9.97. The second-order valence-corrected chi connectivity index (χ2v) is 6.01. The summed E-state index contributed by atoms with van der Waals surface area (Å²) in [6.07, 6.45) is 3.81. The zero-order valence-corrected chi connectivity index (χ0v) is 12.7. The van der Waals surface area contributed by atoms with Crippen molar-refractivity contribution in [3.8, 4) is 0 Å². The Hall–Kier alpha value is -0.860. The molecule has 0 saturated carbocycles. The minimum Gasteiger partial charge on any atom is -0.317 e. The largest absolute Gasteiger partial charge is 0.317 e. The van der Waals surface area contributed by atoms with Crippen LogP contribution < -0.4 is 10.6 Å². The molecule has 0 aromatic heterocycles. The third kappa shape index (κ3) is 4.32. The van der Waals surface area contributed by atoms with Gasteiger partial charge >= 0.3 is 0 Å². The second-order valence-electron chi connectivity index (χ2n) is 6.01. The van der Waals surface area contributed by atoms with E-state index in [0.29, 0.717) is 0 Å². The van der Waals surface area contributed by atoms with Crippen molar-refractivity contribution in [2.75, 3.05) is 26.2 Å². The van der Waals surface area contributed by atoms with Crippen molar-refractivity contribution in [1.82, 2.24) is 10.6 Å². The lowest BCUT2D eigenvalue weighted by Gasteiger charge is -2.22. The first-order valence-electron chi connectivity index (χ1n) is 7.65. The number of benzene rings is 1. The summed E-state index contributed by atoms with van der Waals surface area (Å²) < 4.78 is 0. The van der Waals surface area contributed by atoms with Crippen LogP contribution in [0, 0.1) is 26.7 Å². The SMILES string of the molecule is Cc1cc(C)c(CCNCC2CCNCC2)cc1C. The van der Waals surface area contributed by atoms with E-state index in [1.54, 1.807) is 0 Å². The first-order valence-corrected chi connectivity index (χ1v) is 7.65. The van der Waals surface area contributed by atoms with Gasteiger partial charge in [0.15, 0.2) is 0 Å². The quantitative estimate of drug-likeness (QED) is 0.796. The molecule has 106 valence electrons. The van der Waals surface area contributed by atoms with Gasteiger partial charge in [0.1, 0.15) is 0 Å². The summed E-state index contributed by atoms with van der Waals surface area (Å²) in [5.74, 6) is 0.877. The minimum absolute atomic E-state index is 0.877. The highest BCUT2D eigenvalue weighted by atomic mass is 14.9. The van der Waals surface area contributed by atoms with Crippen molar-refractivity contribution in [1.29, 1.82) is 0 Å². The Labute approximate surface area is 118 Å². The first kappa shape index (κ1) is 14.5. The fourth-order valence-electron chi connectivity index (χ4n) is 2.90. The summed E-state index contributed by atoms with van der Waals surface area (Å²) >= 11 is 0. The van der Waals surface area contributed by atoms with Gasteiger partial charge in [0.2, 0.25) is 0 Å². The summed E-state index contributed by atoms with van der Waals surface area (Å²) in [5.41, 5.74) is 5.76.